The quantitative estimate of drug-likeness (QED) is 0.559. The fourth-order valence-corrected chi connectivity index (χ4v) is 4.20. The minimum atomic E-state index is -0.0682. The molecule has 1 aliphatic heterocycles. The van der Waals surface area contributed by atoms with Crippen LogP contribution >= 0.6 is 12.2 Å². The predicted octanol–water partition coefficient (Wildman–Crippen LogP) is 3.68. The van der Waals surface area contributed by atoms with E-state index >= 15 is 0 Å². The molecule has 1 aliphatic rings. The average molecular weight is 451 g/mol. The van der Waals surface area contributed by atoms with E-state index in [1.165, 1.54) is 5.56 Å². The van der Waals surface area contributed by atoms with Crippen molar-refractivity contribution in [2.45, 2.75) is 20.4 Å². The Kier molecular flexibility index (Phi) is 7.19. The molecule has 0 saturated carbocycles. The number of aromatic amines is 1. The molecular weight excluding hydrogens is 420 g/mol. The van der Waals surface area contributed by atoms with E-state index < -0.39 is 0 Å². The van der Waals surface area contributed by atoms with Gasteiger partial charge in [0.15, 0.2) is 5.11 Å². The molecule has 7 heteroatoms. The predicted molar refractivity (Wildman–Crippen MR) is 134 cm³/mol. The number of nitrogens with one attached hydrogen (secondary N) is 2. The molecule has 0 radical (unpaired) electrons. The Labute approximate surface area is 194 Å². The standard InChI is InChI=1S/C25H30N4O2S/c1-18-6-8-22(9-7-18)26-25(32)29(11-10-28-12-14-31-15-13-28)17-21-16-20-5-3-4-19(2)23(20)27-24(21)30/h3-9,16H,10-15,17H2,1-2H3,(H,26,32)(H,27,30). The second-order valence-electron chi connectivity index (χ2n) is 8.33. The number of pyridine rings is 1. The van der Waals surface area contributed by atoms with Crippen LogP contribution in [0, 0.1) is 13.8 Å². The molecule has 1 aromatic heterocycles. The van der Waals surface area contributed by atoms with Gasteiger partial charge in [0.2, 0.25) is 0 Å². The Bertz CT molecular complexity index is 1140. The van der Waals surface area contributed by atoms with Crippen LogP contribution in [-0.2, 0) is 11.3 Å². The molecule has 6 nitrogen and oxygen atoms in total. The van der Waals surface area contributed by atoms with Crippen LogP contribution in [0.3, 0.4) is 0 Å². The molecule has 0 bridgehead atoms. The molecule has 0 amide bonds. The molecule has 2 N–H and O–H groups in total. The summed E-state index contributed by atoms with van der Waals surface area (Å²) in [5, 5.41) is 4.99. The Hall–Kier alpha value is -2.74. The molecule has 2 heterocycles. The van der Waals surface area contributed by atoms with Gasteiger partial charge in [0.05, 0.1) is 25.3 Å². The van der Waals surface area contributed by atoms with E-state index in [-0.39, 0.29) is 5.56 Å². The summed E-state index contributed by atoms with van der Waals surface area (Å²) in [5.41, 5.74) is 4.73. The number of hydrogen-bond donors (Lipinski definition) is 2. The van der Waals surface area contributed by atoms with Crippen LogP contribution in [-0.4, -0.2) is 59.3 Å². The average Bonchev–Trinajstić information content (AvgIpc) is 2.80. The van der Waals surface area contributed by atoms with E-state index in [0.717, 1.165) is 61.5 Å². The first-order chi connectivity index (χ1) is 15.5. The van der Waals surface area contributed by atoms with E-state index in [2.05, 4.69) is 39.2 Å². The van der Waals surface area contributed by atoms with Crippen LogP contribution in [0.15, 0.2) is 53.3 Å². The van der Waals surface area contributed by atoms with Gasteiger partial charge in [-0.1, -0.05) is 35.9 Å². The van der Waals surface area contributed by atoms with Gasteiger partial charge in [-0.3, -0.25) is 9.69 Å². The number of H-pyrrole nitrogens is 1. The zero-order valence-corrected chi connectivity index (χ0v) is 19.5. The van der Waals surface area contributed by atoms with Crippen LogP contribution in [0.5, 0.6) is 0 Å². The number of hydrogen-bond acceptors (Lipinski definition) is 4. The second kappa shape index (κ2) is 10.3. The number of anilines is 1. The molecule has 0 atom stereocenters. The van der Waals surface area contributed by atoms with Gasteiger partial charge in [-0.15, -0.1) is 0 Å². The van der Waals surface area contributed by atoms with Crippen molar-refractivity contribution in [3.63, 3.8) is 0 Å². The van der Waals surface area contributed by atoms with Gasteiger partial charge < -0.3 is 19.9 Å². The van der Waals surface area contributed by atoms with Gasteiger partial charge >= 0.3 is 0 Å². The third-order valence-corrected chi connectivity index (χ3v) is 6.27. The Morgan fingerprint density at radius 2 is 1.91 bits per heavy atom. The summed E-state index contributed by atoms with van der Waals surface area (Å²) in [6.45, 7) is 9.46. The van der Waals surface area contributed by atoms with Crippen molar-refractivity contribution in [1.29, 1.82) is 0 Å². The third-order valence-electron chi connectivity index (χ3n) is 5.91. The highest BCUT2D eigenvalue weighted by Crippen LogP contribution is 2.17. The topological polar surface area (TPSA) is 60.6 Å². The third kappa shape index (κ3) is 5.54. The molecule has 0 unspecified atom stereocenters. The Balaban J connectivity index is 1.55. The minimum absolute atomic E-state index is 0.0682. The number of fused-ring (bicyclic) bond motifs is 1. The Morgan fingerprint density at radius 1 is 1.16 bits per heavy atom. The molecule has 1 saturated heterocycles. The van der Waals surface area contributed by atoms with Crippen molar-refractivity contribution in [3.05, 3.63) is 75.6 Å². The van der Waals surface area contributed by atoms with Crippen molar-refractivity contribution in [1.82, 2.24) is 14.8 Å². The van der Waals surface area contributed by atoms with E-state index in [0.29, 0.717) is 17.2 Å². The minimum Gasteiger partial charge on any atom is -0.379 e. The fourth-order valence-electron chi connectivity index (χ4n) is 3.93. The largest absolute Gasteiger partial charge is 0.379 e. The first-order valence-electron chi connectivity index (χ1n) is 11.0. The number of ether oxygens (including phenoxy) is 1. The van der Waals surface area contributed by atoms with Gasteiger partial charge in [-0.05, 0) is 55.2 Å². The maximum Gasteiger partial charge on any atom is 0.253 e. The molecule has 2 aromatic carbocycles. The van der Waals surface area contributed by atoms with Crippen LogP contribution in [0.1, 0.15) is 16.7 Å². The van der Waals surface area contributed by atoms with Crippen LogP contribution in [0.2, 0.25) is 0 Å². The van der Waals surface area contributed by atoms with Crippen LogP contribution < -0.4 is 10.9 Å². The maximum absolute atomic E-state index is 12.9. The number of morpholine rings is 1. The van der Waals surface area contributed by atoms with Crippen molar-refractivity contribution < 1.29 is 4.74 Å². The zero-order chi connectivity index (χ0) is 22.5. The summed E-state index contributed by atoms with van der Waals surface area (Å²) in [6, 6.07) is 16.2. The number of thiocarbonyl (C=S) groups is 1. The number of rotatable bonds is 6. The van der Waals surface area contributed by atoms with Crippen molar-refractivity contribution in [2.75, 3.05) is 44.7 Å². The number of nitrogens with zero attached hydrogens (tertiary/aromatic N) is 2. The summed E-state index contributed by atoms with van der Waals surface area (Å²) in [4.78, 5) is 20.4. The van der Waals surface area contributed by atoms with Gasteiger partial charge in [-0.25, -0.2) is 0 Å². The van der Waals surface area contributed by atoms with E-state index in [1.807, 2.05) is 43.3 Å². The van der Waals surface area contributed by atoms with Crippen LogP contribution in [0.4, 0.5) is 5.69 Å². The lowest BCUT2D eigenvalue weighted by molar-refractivity contribution is 0.0358. The number of aryl methyl sites for hydroxylation is 2. The fraction of sp³-hybridized carbons (Fsp3) is 0.360. The lowest BCUT2D eigenvalue weighted by Gasteiger charge is -2.31. The molecule has 32 heavy (non-hydrogen) atoms. The van der Waals surface area contributed by atoms with Crippen LogP contribution in [0.25, 0.3) is 10.9 Å². The maximum atomic E-state index is 12.9. The summed E-state index contributed by atoms with van der Waals surface area (Å²) in [6.07, 6.45) is 0. The number of benzene rings is 2. The van der Waals surface area contributed by atoms with Crippen molar-refractivity contribution in [3.8, 4) is 0 Å². The molecule has 168 valence electrons. The first kappa shape index (κ1) is 22.5. The van der Waals surface area contributed by atoms with Gasteiger partial charge in [0, 0.05) is 37.4 Å². The summed E-state index contributed by atoms with van der Waals surface area (Å²) >= 11 is 5.78. The highest BCUT2D eigenvalue weighted by molar-refractivity contribution is 7.80. The normalized spacial score (nSPS) is 14.4. The van der Waals surface area contributed by atoms with E-state index in [1.54, 1.807) is 0 Å². The first-order valence-corrected chi connectivity index (χ1v) is 11.4. The number of para-hydroxylation sites is 1. The SMILES string of the molecule is Cc1ccc(NC(=S)N(CCN2CCOCC2)Cc2cc3cccc(C)c3[nH]c2=O)cc1. The number of aromatic nitrogens is 1. The second-order valence-corrected chi connectivity index (χ2v) is 8.72. The highest BCUT2D eigenvalue weighted by Gasteiger charge is 2.17. The molecular formula is C25H30N4O2S. The van der Waals surface area contributed by atoms with Gasteiger partial charge in [-0.2, -0.15) is 0 Å². The van der Waals surface area contributed by atoms with E-state index in [9.17, 15) is 4.79 Å². The highest BCUT2D eigenvalue weighted by atomic mass is 32.1. The summed E-state index contributed by atoms with van der Waals surface area (Å²) in [7, 11) is 0. The monoisotopic (exact) mass is 450 g/mol. The molecule has 0 aliphatic carbocycles. The lowest BCUT2D eigenvalue weighted by Crippen LogP contribution is -2.44. The van der Waals surface area contributed by atoms with E-state index in [4.69, 9.17) is 17.0 Å². The summed E-state index contributed by atoms with van der Waals surface area (Å²) < 4.78 is 5.47. The molecule has 1 fully saturated rings. The molecule has 0 spiro atoms. The Morgan fingerprint density at radius 3 is 2.66 bits per heavy atom. The van der Waals surface area contributed by atoms with Crippen molar-refractivity contribution in [2.24, 2.45) is 0 Å². The van der Waals surface area contributed by atoms with Gasteiger partial charge in [0.25, 0.3) is 5.56 Å². The van der Waals surface area contributed by atoms with Gasteiger partial charge in [0.1, 0.15) is 0 Å². The zero-order valence-electron chi connectivity index (χ0n) is 18.7. The van der Waals surface area contributed by atoms with Crippen molar-refractivity contribution >= 4 is 33.9 Å². The smallest absolute Gasteiger partial charge is 0.253 e. The summed E-state index contributed by atoms with van der Waals surface area (Å²) in [5.74, 6) is 0. The molecule has 3 aromatic rings. The lowest BCUT2D eigenvalue weighted by atomic mass is 10.1. The molecule has 4 rings (SSSR count).